The number of benzene rings is 1. The lowest BCUT2D eigenvalue weighted by atomic mass is 10.1. The number of hydrogen-bond acceptors (Lipinski definition) is 5. The number of ether oxygens (including phenoxy) is 1. The Morgan fingerprint density at radius 2 is 2.19 bits per heavy atom. The van der Waals surface area contributed by atoms with Crippen molar-refractivity contribution in [1.29, 1.82) is 0 Å². The number of rotatable bonds is 3. The first-order chi connectivity index (χ1) is 10.1. The van der Waals surface area contributed by atoms with Crippen LogP contribution in [0.1, 0.15) is 16.8 Å². The molecule has 8 heteroatoms. The lowest BCUT2D eigenvalue weighted by Gasteiger charge is -2.32. The van der Waals surface area contributed by atoms with Crippen molar-refractivity contribution in [2.45, 2.75) is 12.5 Å². The summed E-state index contributed by atoms with van der Waals surface area (Å²) in [6.45, 7) is 1.07. The molecule has 0 spiro atoms. The van der Waals surface area contributed by atoms with E-state index in [4.69, 9.17) is 9.84 Å². The van der Waals surface area contributed by atoms with Crippen molar-refractivity contribution in [3.05, 3.63) is 23.8 Å². The molecule has 2 aromatic rings. The minimum atomic E-state index is -0.932. The molecule has 110 valence electrons. The number of fused-ring (bicyclic) bond motifs is 1. The minimum Gasteiger partial charge on any atom is -0.481 e. The number of carboxylic acid groups (broad SMARTS) is 1. The highest BCUT2D eigenvalue weighted by Gasteiger charge is 2.26. The van der Waals surface area contributed by atoms with Gasteiger partial charge in [0.2, 0.25) is 0 Å². The number of aromatic nitrogens is 3. The number of carboxylic acids is 1. The molecule has 1 aromatic carbocycles. The van der Waals surface area contributed by atoms with Crippen LogP contribution in [-0.2, 0) is 9.53 Å². The zero-order valence-corrected chi connectivity index (χ0v) is 11.2. The Kier molecular flexibility index (Phi) is 3.53. The fourth-order valence-corrected chi connectivity index (χ4v) is 2.38. The van der Waals surface area contributed by atoms with Gasteiger partial charge in [0.15, 0.2) is 0 Å². The summed E-state index contributed by atoms with van der Waals surface area (Å²) in [5.41, 5.74) is 1.82. The number of nitrogens with one attached hydrogen (secondary N) is 1. The smallest absolute Gasteiger partial charge is 0.306 e. The maximum Gasteiger partial charge on any atom is 0.306 e. The normalized spacial score (nSPS) is 18.9. The third-order valence-electron chi connectivity index (χ3n) is 3.39. The quantitative estimate of drug-likeness (QED) is 0.840. The summed E-state index contributed by atoms with van der Waals surface area (Å²) >= 11 is 0. The number of carbonyl (C=O) groups excluding carboxylic acids is 1. The molecule has 21 heavy (non-hydrogen) atoms. The molecular weight excluding hydrogens is 276 g/mol. The van der Waals surface area contributed by atoms with E-state index in [2.05, 4.69) is 15.4 Å². The molecule has 2 heterocycles. The Bertz CT molecular complexity index is 684. The van der Waals surface area contributed by atoms with Crippen molar-refractivity contribution in [3.8, 4) is 0 Å². The fourth-order valence-electron chi connectivity index (χ4n) is 2.38. The predicted octanol–water partition coefficient (Wildman–Crippen LogP) is 0.274. The van der Waals surface area contributed by atoms with Gasteiger partial charge in [-0.1, -0.05) is 0 Å². The van der Waals surface area contributed by atoms with Crippen LogP contribution in [-0.4, -0.2) is 63.1 Å². The van der Waals surface area contributed by atoms with E-state index >= 15 is 0 Å². The van der Waals surface area contributed by atoms with Crippen molar-refractivity contribution >= 4 is 22.9 Å². The van der Waals surface area contributed by atoms with E-state index in [9.17, 15) is 9.59 Å². The maximum atomic E-state index is 12.5. The van der Waals surface area contributed by atoms with Gasteiger partial charge in [-0.15, -0.1) is 0 Å². The summed E-state index contributed by atoms with van der Waals surface area (Å²) in [6.07, 6.45) is -0.567. The number of hydrogen-bond donors (Lipinski definition) is 2. The zero-order valence-electron chi connectivity index (χ0n) is 11.2. The number of carbonyl (C=O) groups is 2. The molecule has 1 aliphatic rings. The zero-order chi connectivity index (χ0) is 14.8. The third kappa shape index (κ3) is 2.84. The first kappa shape index (κ1) is 13.5. The molecule has 2 N–H and O–H groups in total. The minimum absolute atomic E-state index is 0.105. The van der Waals surface area contributed by atoms with Crippen LogP contribution in [0.2, 0.25) is 0 Å². The van der Waals surface area contributed by atoms with Crippen LogP contribution in [0, 0.1) is 0 Å². The Morgan fingerprint density at radius 1 is 1.38 bits per heavy atom. The van der Waals surface area contributed by atoms with Crippen LogP contribution in [0.5, 0.6) is 0 Å². The molecule has 1 fully saturated rings. The second kappa shape index (κ2) is 5.49. The Hall–Kier alpha value is -2.48. The highest BCUT2D eigenvalue weighted by Crippen LogP contribution is 2.16. The molecule has 1 atom stereocenters. The molecule has 1 saturated heterocycles. The van der Waals surface area contributed by atoms with Crippen molar-refractivity contribution in [2.75, 3.05) is 19.7 Å². The van der Waals surface area contributed by atoms with Gasteiger partial charge in [0, 0.05) is 18.7 Å². The molecule has 0 aliphatic carbocycles. The highest BCUT2D eigenvalue weighted by molar-refractivity contribution is 5.97. The largest absolute Gasteiger partial charge is 0.481 e. The molecule has 8 nitrogen and oxygen atoms in total. The van der Waals surface area contributed by atoms with Crippen LogP contribution in [0.25, 0.3) is 11.0 Å². The molecule has 3 rings (SSSR count). The van der Waals surface area contributed by atoms with Crippen molar-refractivity contribution in [2.24, 2.45) is 0 Å². The van der Waals surface area contributed by atoms with E-state index < -0.39 is 12.1 Å². The second-order valence-corrected chi connectivity index (χ2v) is 4.87. The number of morpholine rings is 1. The van der Waals surface area contributed by atoms with Crippen LogP contribution in [0.3, 0.4) is 0 Å². The van der Waals surface area contributed by atoms with Gasteiger partial charge < -0.3 is 14.7 Å². The van der Waals surface area contributed by atoms with Gasteiger partial charge in [0.1, 0.15) is 11.0 Å². The van der Waals surface area contributed by atoms with E-state index in [-0.39, 0.29) is 18.9 Å². The Morgan fingerprint density at radius 3 is 3.00 bits per heavy atom. The van der Waals surface area contributed by atoms with E-state index in [0.717, 1.165) is 0 Å². The first-order valence-electron chi connectivity index (χ1n) is 6.56. The maximum absolute atomic E-state index is 12.5. The van der Waals surface area contributed by atoms with Crippen LogP contribution in [0.4, 0.5) is 0 Å². The fraction of sp³-hybridized carbons (Fsp3) is 0.385. The van der Waals surface area contributed by atoms with Gasteiger partial charge in [-0.2, -0.15) is 15.4 Å². The van der Waals surface area contributed by atoms with Gasteiger partial charge in [-0.05, 0) is 18.2 Å². The van der Waals surface area contributed by atoms with Crippen LogP contribution < -0.4 is 0 Å². The SMILES string of the molecule is O=C(O)C[C@@H]1CN(C(=O)c2ccc3n[nH]nc3c2)CCO1. The average Bonchev–Trinajstić information content (AvgIpc) is 2.93. The van der Waals surface area contributed by atoms with Gasteiger partial charge in [-0.3, -0.25) is 9.59 Å². The van der Waals surface area contributed by atoms with E-state index in [0.29, 0.717) is 29.7 Å². The van der Waals surface area contributed by atoms with Gasteiger partial charge in [0.05, 0.1) is 19.1 Å². The summed E-state index contributed by atoms with van der Waals surface area (Å²) in [5.74, 6) is -1.09. The Balaban J connectivity index is 1.75. The molecule has 0 saturated carbocycles. The molecule has 1 amide bonds. The molecule has 0 bridgehead atoms. The molecule has 0 radical (unpaired) electrons. The van der Waals surface area contributed by atoms with E-state index in [1.165, 1.54) is 0 Å². The second-order valence-electron chi connectivity index (χ2n) is 4.87. The molecule has 0 unspecified atom stereocenters. The summed E-state index contributed by atoms with van der Waals surface area (Å²) in [5, 5.41) is 19.2. The van der Waals surface area contributed by atoms with E-state index in [1.807, 2.05) is 0 Å². The van der Waals surface area contributed by atoms with Crippen molar-refractivity contribution in [1.82, 2.24) is 20.3 Å². The summed E-state index contributed by atoms with van der Waals surface area (Å²) in [4.78, 5) is 24.8. The number of aromatic amines is 1. The first-order valence-corrected chi connectivity index (χ1v) is 6.56. The molecule has 1 aliphatic heterocycles. The molecule has 1 aromatic heterocycles. The third-order valence-corrected chi connectivity index (χ3v) is 3.39. The molecular formula is C13H14N4O4. The summed E-state index contributed by atoms with van der Waals surface area (Å²) in [7, 11) is 0. The van der Waals surface area contributed by atoms with Crippen LogP contribution in [0.15, 0.2) is 18.2 Å². The van der Waals surface area contributed by atoms with Crippen molar-refractivity contribution < 1.29 is 19.4 Å². The standard InChI is InChI=1S/C13H14N4O4/c18-12(19)6-9-7-17(3-4-21-9)13(20)8-1-2-10-11(5-8)15-16-14-10/h1-2,5,9H,3-4,6-7H2,(H,18,19)(H,14,15,16)/t9-/m1/s1. The van der Waals surface area contributed by atoms with Gasteiger partial charge >= 0.3 is 5.97 Å². The van der Waals surface area contributed by atoms with Gasteiger partial charge in [0.25, 0.3) is 5.91 Å². The van der Waals surface area contributed by atoms with E-state index in [1.54, 1.807) is 23.1 Å². The van der Waals surface area contributed by atoms with Gasteiger partial charge in [-0.25, -0.2) is 0 Å². The topological polar surface area (TPSA) is 108 Å². The van der Waals surface area contributed by atoms with Crippen LogP contribution >= 0.6 is 0 Å². The summed E-state index contributed by atoms with van der Waals surface area (Å²) < 4.78 is 5.36. The van der Waals surface area contributed by atoms with Crippen molar-refractivity contribution in [3.63, 3.8) is 0 Å². The lowest BCUT2D eigenvalue weighted by Crippen LogP contribution is -2.46. The number of H-pyrrole nitrogens is 1. The Labute approximate surface area is 119 Å². The number of amides is 1. The highest BCUT2D eigenvalue weighted by atomic mass is 16.5. The lowest BCUT2D eigenvalue weighted by molar-refractivity contribution is -0.141. The summed E-state index contributed by atoms with van der Waals surface area (Å²) in [6, 6.07) is 5.08. The number of aliphatic carboxylic acids is 1. The number of nitrogens with zero attached hydrogens (tertiary/aromatic N) is 3. The predicted molar refractivity (Wildman–Crippen MR) is 71.8 cm³/mol. The average molecular weight is 290 g/mol. The monoisotopic (exact) mass is 290 g/mol.